The van der Waals surface area contributed by atoms with Crippen LogP contribution in [0.1, 0.15) is 26.5 Å². The Bertz CT molecular complexity index is 777. The van der Waals surface area contributed by atoms with Crippen molar-refractivity contribution in [2.24, 2.45) is 0 Å². The normalized spacial score (nSPS) is 13.2. The number of carbonyl (C=O) groups is 1. The molecule has 1 heterocycles. The average Bonchev–Trinajstić information content (AvgIpc) is 2.98. The maximum absolute atomic E-state index is 13.0. The van der Waals surface area contributed by atoms with Crippen molar-refractivity contribution >= 4 is 34.3 Å². The number of aromatic amines is 1. The van der Waals surface area contributed by atoms with Crippen LogP contribution in [0.3, 0.4) is 0 Å². The zero-order chi connectivity index (χ0) is 18.4. The van der Waals surface area contributed by atoms with Gasteiger partial charge < -0.3 is 5.32 Å². The molecule has 0 aliphatic carbocycles. The van der Waals surface area contributed by atoms with Crippen molar-refractivity contribution in [2.75, 3.05) is 18.4 Å². The predicted molar refractivity (Wildman–Crippen MR) is 108 cm³/mol. The van der Waals surface area contributed by atoms with Gasteiger partial charge in [-0.2, -0.15) is 5.10 Å². The lowest BCUT2D eigenvalue weighted by Gasteiger charge is -2.30. The van der Waals surface area contributed by atoms with Gasteiger partial charge in [-0.05, 0) is 50.5 Å². The van der Waals surface area contributed by atoms with E-state index >= 15 is 0 Å². The third kappa shape index (κ3) is 4.32. The summed E-state index contributed by atoms with van der Waals surface area (Å²) in [4.78, 5) is 16.2. The molecular formula is C19H26N4OS. The van der Waals surface area contributed by atoms with Gasteiger partial charge in [0.2, 0.25) is 5.91 Å². The molecule has 134 valence electrons. The van der Waals surface area contributed by atoms with Crippen LogP contribution in [0.5, 0.6) is 0 Å². The quantitative estimate of drug-likeness (QED) is 0.738. The van der Waals surface area contributed by atoms with E-state index in [0.717, 1.165) is 40.3 Å². The molecule has 1 unspecified atom stereocenters. The van der Waals surface area contributed by atoms with Crippen LogP contribution in [0.2, 0.25) is 0 Å². The second-order valence-electron chi connectivity index (χ2n) is 5.67. The Labute approximate surface area is 153 Å². The number of nitrogens with zero attached hydrogens (tertiary/aromatic N) is 2. The summed E-state index contributed by atoms with van der Waals surface area (Å²) in [5, 5.41) is 13.0. The molecule has 0 aliphatic rings. The van der Waals surface area contributed by atoms with E-state index in [1.54, 1.807) is 5.41 Å². The van der Waals surface area contributed by atoms with Crippen molar-refractivity contribution in [3.05, 3.63) is 46.9 Å². The van der Waals surface area contributed by atoms with Gasteiger partial charge in [0.05, 0.1) is 5.52 Å². The van der Waals surface area contributed by atoms with E-state index in [1.807, 2.05) is 38.1 Å². The van der Waals surface area contributed by atoms with E-state index in [1.165, 1.54) is 11.8 Å². The lowest BCUT2D eigenvalue weighted by molar-refractivity contribution is -0.119. The molecule has 1 aromatic carbocycles. The second kappa shape index (κ2) is 8.87. The Kier molecular flexibility index (Phi) is 6.84. The highest BCUT2D eigenvalue weighted by molar-refractivity contribution is 8.05. The molecule has 1 atom stereocenters. The van der Waals surface area contributed by atoms with E-state index < -0.39 is 0 Å². The molecule has 1 aromatic heterocycles. The van der Waals surface area contributed by atoms with Gasteiger partial charge in [-0.15, -0.1) is 11.8 Å². The maximum atomic E-state index is 13.0. The van der Waals surface area contributed by atoms with Gasteiger partial charge in [0.25, 0.3) is 0 Å². The van der Waals surface area contributed by atoms with Gasteiger partial charge in [0, 0.05) is 21.7 Å². The molecule has 1 amide bonds. The molecule has 2 rings (SSSR count). The third-order valence-corrected chi connectivity index (χ3v) is 5.11. The first kappa shape index (κ1) is 19.3. The van der Waals surface area contributed by atoms with Crippen LogP contribution in [0.15, 0.2) is 41.2 Å². The summed E-state index contributed by atoms with van der Waals surface area (Å²) >= 11 is 1.50. The minimum absolute atomic E-state index is 0.0355. The van der Waals surface area contributed by atoms with E-state index in [2.05, 4.69) is 40.8 Å². The smallest absolute Gasteiger partial charge is 0.246 e. The Morgan fingerprint density at radius 3 is 2.76 bits per heavy atom. The SMILES string of the molecule is C=CSC(=CC)C(C(=O)Nc1ccc2n[nH]c(C)c2c1)N(CC)CC. The van der Waals surface area contributed by atoms with Crippen LogP contribution in [0.4, 0.5) is 5.69 Å². The van der Waals surface area contributed by atoms with Crippen LogP contribution >= 0.6 is 11.8 Å². The minimum Gasteiger partial charge on any atom is -0.324 e. The number of aromatic nitrogens is 2. The molecule has 2 N–H and O–H groups in total. The van der Waals surface area contributed by atoms with Gasteiger partial charge in [0.1, 0.15) is 6.04 Å². The Balaban J connectivity index is 2.30. The van der Waals surface area contributed by atoms with E-state index in [0.29, 0.717) is 0 Å². The van der Waals surface area contributed by atoms with E-state index in [9.17, 15) is 4.79 Å². The molecule has 6 heteroatoms. The lowest BCUT2D eigenvalue weighted by Crippen LogP contribution is -2.44. The Morgan fingerprint density at radius 1 is 1.44 bits per heavy atom. The number of hydrogen-bond donors (Lipinski definition) is 2. The van der Waals surface area contributed by atoms with Gasteiger partial charge in [-0.3, -0.25) is 14.8 Å². The monoisotopic (exact) mass is 358 g/mol. The number of rotatable bonds is 8. The number of amides is 1. The summed E-state index contributed by atoms with van der Waals surface area (Å²) in [5.74, 6) is -0.0355. The molecule has 0 saturated heterocycles. The van der Waals surface area contributed by atoms with Crippen LogP contribution in [0.25, 0.3) is 10.9 Å². The molecule has 0 aliphatic heterocycles. The molecule has 0 bridgehead atoms. The fourth-order valence-electron chi connectivity index (χ4n) is 2.88. The largest absolute Gasteiger partial charge is 0.324 e. The first-order chi connectivity index (χ1) is 12.0. The minimum atomic E-state index is -0.329. The highest BCUT2D eigenvalue weighted by Gasteiger charge is 2.27. The summed E-state index contributed by atoms with van der Waals surface area (Å²) in [6.45, 7) is 13.4. The molecule has 0 saturated carbocycles. The number of benzene rings is 1. The number of H-pyrrole nitrogens is 1. The second-order valence-corrected chi connectivity index (χ2v) is 6.71. The highest BCUT2D eigenvalue weighted by atomic mass is 32.2. The summed E-state index contributed by atoms with van der Waals surface area (Å²) < 4.78 is 0. The number of fused-ring (bicyclic) bond motifs is 1. The van der Waals surface area contributed by atoms with Gasteiger partial charge in [-0.25, -0.2) is 0 Å². The van der Waals surface area contributed by atoms with Gasteiger partial charge in [0.15, 0.2) is 0 Å². The fourth-order valence-corrected chi connectivity index (χ4v) is 3.59. The number of likely N-dealkylation sites (N-methyl/N-ethyl adjacent to an activating group) is 1. The lowest BCUT2D eigenvalue weighted by atomic mass is 10.1. The van der Waals surface area contributed by atoms with Gasteiger partial charge in [-0.1, -0.05) is 26.5 Å². The molecule has 0 spiro atoms. The van der Waals surface area contributed by atoms with Crippen LogP contribution < -0.4 is 5.32 Å². The molecule has 0 radical (unpaired) electrons. The van der Waals surface area contributed by atoms with Crippen molar-refractivity contribution in [1.29, 1.82) is 0 Å². The fraction of sp³-hybridized carbons (Fsp3) is 0.368. The molecular weight excluding hydrogens is 332 g/mol. The zero-order valence-electron chi connectivity index (χ0n) is 15.3. The zero-order valence-corrected chi connectivity index (χ0v) is 16.1. The van der Waals surface area contributed by atoms with Crippen molar-refractivity contribution in [3.63, 3.8) is 0 Å². The van der Waals surface area contributed by atoms with Crippen LogP contribution in [-0.4, -0.2) is 40.1 Å². The predicted octanol–water partition coefficient (Wildman–Crippen LogP) is 4.30. The van der Waals surface area contributed by atoms with Crippen molar-refractivity contribution in [1.82, 2.24) is 15.1 Å². The topological polar surface area (TPSA) is 61.0 Å². The number of thioether (sulfide) groups is 1. The first-order valence-corrected chi connectivity index (χ1v) is 9.37. The summed E-state index contributed by atoms with van der Waals surface area (Å²) in [5.41, 5.74) is 2.66. The van der Waals surface area contributed by atoms with Gasteiger partial charge >= 0.3 is 0 Å². The molecule has 0 fully saturated rings. The Morgan fingerprint density at radius 2 is 2.16 bits per heavy atom. The molecule has 5 nitrogen and oxygen atoms in total. The highest BCUT2D eigenvalue weighted by Crippen LogP contribution is 2.26. The summed E-state index contributed by atoms with van der Waals surface area (Å²) in [7, 11) is 0. The van der Waals surface area contributed by atoms with Crippen LogP contribution in [0, 0.1) is 6.92 Å². The average molecular weight is 359 g/mol. The summed E-state index contributed by atoms with van der Waals surface area (Å²) in [6.07, 6.45) is 1.98. The third-order valence-electron chi connectivity index (χ3n) is 4.21. The summed E-state index contributed by atoms with van der Waals surface area (Å²) in [6, 6.07) is 5.43. The number of nitrogens with one attached hydrogen (secondary N) is 2. The number of allylic oxidation sites excluding steroid dienone is 1. The standard InChI is InChI=1S/C19H26N4OS/c1-6-17(25-9-4)18(23(7-2)8-3)19(24)20-14-10-11-16-15(12-14)13(5)21-22-16/h6,9-12,18H,4,7-8H2,1-3,5H3,(H,20,24)(H,21,22). The van der Waals surface area contributed by atoms with Crippen molar-refractivity contribution < 1.29 is 4.79 Å². The van der Waals surface area contributed by atoms with E-state index in [-0.39, 0.29) is 11.9 Å². The Hall–Kier alpha value is -2.05. The van der Waals surface area contributed by atoms with Crippen molar-refractivity contribution in [2.45, 2.75) is 33.7 Å². The van der Waals surface area contributed by atoms with E-state index in [4.69, 9.17) is 0 Å². The number of carbonyl (C=O) groups excluding carboxylic acids is 1. The number of hydrogen-bond acceptors (Lipinski definition) is 4. The molecule has 25 heavy (non-hydrogen) atoms. The van der Waals surface area contributed by atoms with Crippen molar-refractivity contribution in [3.8, 4) is 0 Å². The van der Waals surface area contributed by atoms with Crippen LogP contribution in [-0.2, 0) is 4.79 Å². The first-order valence-electron chi connectivity index (χ1n) is 8.49. The molecule has 2 aromatic rings. The maximum Gasteiger partial charge on any atom is 0.246 e. The number of aryl methyl sites for hydroxylation is 1. The number of anilines is 1.